The number of rotatable bonds is 4. The fraction of sp³-hybridized carbons (Fsp3) is 0.190. The van der Waals surface area contributed by atoms with Crippen LogP contribution in [0.4, 0.5) is 0 Å². The monoisotopic (exact) mass is 332 g/mol. The van der Waals surface area contributed by atoms with Gasteiger partial charge in [-0.15, -0.1) is 0 Å². The Morgan fingerprint density at radius 3 is 2.44 bits per heavy atom. The van der Waals surface area contributed by atoms with E-state index in [1.165, 1.54) is 0 Å². The van der Waals surface area contributed by atoms with Gasteiger partial charge in [-0.25, -0.2) is 4.98 Å². The predicted molar refractivity (Wildman–Crippen MR) is 101 cm³/mol. The zero-order valence-corrected chi connectivity index (χ0v) is 14.6. The molecule has 0 aliphatic carbocycles. The molecular formula is C21H20N2O2. The first-order chi connectivity index (χ1) is 12.2. The van der Waals surface area contributed by atoms with Gasteiger partial charge >= 0.3 is 0 Å². The molecule has 1 heterocycles. The zero-order chi connectivity index (χ0) is 17.4. The topological polar surface area (TPSA) is 36.3 Å². The van der Waals surface area contributed by atoms with E-state index in [9.17, 15) is 0 Å². The van der Waals surface area contributed by atoms with E-state index in [0.717, 1.165) is 44.7 Å². The number of hydrogen-bond donors (Lipinski definition) is 0. The van der Waals surface area contributed by atoms with Crippen LogP contribution in [-0.4, -0.2) is 23.3 Å². The van der Waals surface area contributed by atoms with Gasteiger partial charge in [0.05, 0.1) is 24.8 Å². The van der Waals surface area contributed by atoms with E-state index in [0.29, 0.717) is 6.61 Å². The summed E-state index contributed by atoms with van der Waals surface area (Å²) in [5.41, 5.74) is 3.19. The summed E-state index contributed by atoms with van der Waals surface area (Å²) in [5, 5.41) is 2.27. The molecule has 0 amide bonds. The zero-order valence-electron chi connectivity index (χ0n) is 14.6. The Bertz CT molecular complexity index is 1050. The molecule has 0 aliphatic rings. The van der Waals surface area contributed by atoms with E-state index in [1.807, 2.05) is 37.3 Å². The minimum absolute atomic E-state index is 0.666. The lowest BCUT2D eigenvalue weighted by molar-refractivity contribution is 0.341. The minimum Gasteiger partial charge on any atom is -0.497 e. The van der Waals surface area contributed by atoms with Crippen molar-refractivity contribution in [2.75, 3.05) is 13.7 Å². The number of hydrogen-bond acceptors (Lipinski definition) is 3. The second-order valence-corrected chi connectivity index (χ2v) is 5.97. The Balaban J connectivity index is 1.89. The first-order valence-corrected chi connectivity index (χ1v) is 8.37. The first kappa shape index (κ1) is 15.5. The van der Waals surface area contributed by atoms with Crippen LogP contribution in [-0.2, 0) is 7.05 Å². The van der Waals surface area contributed by atoms with E-state index >= 15 is 0 Å². The van der Waals surface area contributed by atoms with Gasteiger partial charge in [0.2, 0.25) is 0 Å². The molecule has 0 aliphatic heterocycles. The molecule has 0 bridgehead atoms. The lowest BCUT2D eigenvalue weighted by Crippen LogP contribution is -1.92. The number of aryl methyl sites for hydroxylation is 1. The Morgan fingerprint density at radius 2 is 1.72 bits per heavy atom. The number of methoxy groups -OCH3 is 1. The van der Waals surface area contributed by atoms with Crippen molar-refractivity contribution < 1.29 is 9.47 Å². The van der Waals surface area contributed by atoms with E-state index in [-0.39, 0.29) is 0 Å². The smallest absolute Gasteiger partial charge is 0.140 e. The number of fused-ring (bicyclic) bond motifs is 3. The maximum Gasteiger partial charge on any atom is 0.140 e. The van der Waals surface area contributed by atoms with Crippen molar-refractivity contribution in [3.8, 4) is 22.9 Å². The molecule has 0 saturated heterocycles. The Kier molecular flexibility index (Phi) is 3.80. The van der Waals surface area contributed by atoms with Gasteiger partial charge in [0.15, 0.2) is 0 Å². The molecule has 4 nitrogen and oxygen atoms in total. The third kappa shape index (κ3) is 2.60. The maximum absolute atomic E-state index is 5.61. The van der Waals surface area contributed by atoms with Crippen LogP contribution >= 0.6 is 0 Å². The van der Waals surface area contributed by atoms with E-state index in [4.69, 9.17) is 14.5 Å². The van der Waals surface area contributed by atoms with Crippen molar-refractivity contribution in [2.45, 2.75) is 6.92 Å². The summed E-state index contributed by atoms with van der Waals surface area (Å²) in [6.07, 6.45) is 0. The van der Waals surface area contributed by atoms with Gasteiger partial charge in [0.1, 0.15) is 17.3 Å². The third-order valence-electron chi connectivity index (χ3n) is 4.50. The second kappa shape index (κ2) is 6.13. The first-order valence-electron chi connectivity index (χ1n) is 8.37. The number of imidazole rings is 1. The number of aromatic nitrogens is 2. The molecule has 126 valence electrons. The Morgan fingerprint density at radius 1 is 0.960 bits per heavy atom. The molecule has 0 saturated carbocycles. The predicted octanol–water partition coefficient (Wildman–Crippen LogP) is 4.80. The van der Waals surface area contributed by atoms with Crippen molar-refractivity contribution >= 4 is 21.8 Å². The summed E-state index contributed by atoms with van der Waals surface area (Å²) in [5.74, 6) is 2.68. The molecule has 4 heteroatoms. The summed E-state index contributed by atoms with van der Waals surface area (Å²) in [6.45, 7) is 2.66. The minimum atomic E-state index is 0.666. The fourth-order valence-corrected chi connectivity index (χ4v) is 3.22. The molecule has 0 N–H and O–H groups in total. The van der Waals surface area contributed by atoms with Gasteiger partial charge in [-0.3, -0.25) is 0 Å². The van der Waals surface area contributed by atoms with Gasteiger partial charge in [0, 0.05) is 18.0 Å². The van der Waals surface area contributed by atoms with Crippen molar-refractivity contribution in [3.63, 3.8) is 0 Å². The Hall–Kier alpha value is -3.01. The fourth-order valence-electron chi connectivity index (χ4n) is 3.22. The van der Waals surface area contributed by atoms with Crippen LogP contribution in [0.15, 0.2) is 54.6 Å². The standard InChI is InChI=1S/C21H20N2O2/c1-4-25-17-10-11-18-15(13-17)7-12-19-20(18)22-21(23(19)2)14-5-8-16(24-3)9-6-14/h5-13H,4H2,1-3H3. The largest absolute Gasteiger partial charge is 0.497 e. The molecular weight excluding hydrogens is 312 g/mol. The van der Waals surface area contributed by atoms with E-state index in [1.54, 1.807) is 7.11 Å². The second-order valence-electron chi connectivity index (χ2n) is 5.97. The van der Waals surface area contributed by atoms with Crippen molar-refractivity contribution in [1.29, 1.82) is 0 Å². The molecule has 0 spiro atoms. The van der Waals surface area contributed by atoms with E-state index < -0.39 is 0 Å². The highest BCUT2D eigenvalue weighted by Crippen LogP contribution is 2.31. The van der Waals surface area contributed by atoms with Gasteiger partial charge in [-0.2, -0.15) is 0 Å². The van der Waals surface area contributed by atoms with Crippen LogP contribution < -0.4 is 9.47 Å². The molecule has 0 fully saturated rings. The number of nitrogens with zero attached hydrogens (tertiary/aromatic N) is 2. The third-order valence-corrected chi connectivity index (χ3v) is 4.50. The molecule has 1 aromatic heterocycles. The van der Waals surface area contributed by atoms with Crippen LogP contribution in [0, 0.1) is 0 Å². The quantitative estimate of drug-likeness (QED) is 0.538. The van der Waals surface area contributed by atoms with Crippen LogP contribution in [0.2, 0.25) is 0 Å². The highest BCUT2D eigenvalue weighted by atomic mass is 16.5. The molecule has 0 unspecified atom stereocenters. The van der Waals surface area contributed by atoms with Gasteiger partial charge in [0.25, 0.3) is 0 Å². The summed E-state index contributed by atoms with van der Waals surface area (Å²) < 4.78 is 13.0. The highest BCUT2D eigenvalue weighted by Gasteiger charge is 2.13. The van der Waals surface area contributed by atoms with Gasteiger partial charge in [-0.1, -0.05) is 6.07 Å². The van der Waals surface area contributed by atoms with E-state index in [2.05, 4.69) is 35.9 Å². The molecule has 0 radical (unpaired) electrons. The SMILES string of the molecule is CCOc1ccc2c(ccc3c2nc(-c2ccc(OC)cc2)n3C)c1. The Labute approximate surface area is 146 Å². The lowest BCUT2D eigenvalue weighted by Gasteiger charge is -2.05. The highest BCUT2D eigenvalue weighted by molar-refractivity contribution is 6.05. The molecule has 25 heavy (non-hydrogen) atoms. The summed E-state index contributed by atoms with van der Waals surface area (Å²) in [6, 6.07) is 18.4. The van der Waals surface area contributed by atoms with Crippen molar-refractivity contribution in [3.05, 3.63) is 54.6 Å². The maximum atomic E-state index is 5.61. The summed E-state index contributed by atoms with van der Waals surface area (Å²) in [4.78, 5) is 4.92. The molecule has 0 atom stereocenters. The average Bonchev–Trinajstić information content (AvgIpc) is 2.99. The van der Waals surface area contributed by atoms with Gasteiger partial charge in [-0.05, 0) is 60.8 Å². The van der Waals surface area contributed by atoms with Crippen LogP contribution in [0.5, 0.6) is 11.5 Å². The van der Waals surface area contributed by atoms with Crippen molar-refractivity contribution in [2.24, 2.45) is 7.05 Å². The summed E-state index contributed by atoms with van der Waals surface area (Å²) >= 11 is 0. The van der Waals surface area contributed by atoms with Crippen LogP contribution in [0.3, 0.4) is 0 Å². The van der Waals surface area contributed by atoms with Gasteiger partial charge < -0.3 is 14.0 Å². The lowest BCUT2D eigenvalue weighted by atomic mass is 10.1. The van der Waals surface area contributed by atoms with Crippen molar-refractivity contribution in [1.82, 2.24) is 9.55 Å². The average molecular weight is 332 g/mol. The van der Waals surface area contributed by atoms with Crippen LogP contribution in [0.25, 0.3) is 33.2 Å². The number of benzene rings is 3. The number of ether oxygens (including phenoxy) is 2. The molecule has 4 rings (SSSR count). The normalized spacial score (nSPS) is 11.2. The van der Waals surface area contributed by atoms with Crippen LogP contribution in [0.1, 0.15) is 6.92 Å². The molecule has 3 aromatic carbocycles. The summed E-state index contributed by atoms with van der Waals surface area (Å²) in [7, 11) is 3.72. The molecule has 4 aromatic rings.